The largest absolute Gasteiger partial charge is 0.416 e. The Kier molecular flexibility index (Phi) is 6.12. The van der Waals surface area contributed by atoms with Gasteiger partial charge in [0, 0.05) is 11.1 Å². The van der Waals surface area contributed by atoms with Gasteiger partial charge >= 0.3 is 6.18 Å². The second kappa shape index (κ2) is 8.10. The maximum Gasteiger partial charge on any atom is 0.416 e. The molecule has 0 aliphatic heterocycles. The molecule has 0 nitrogen and oxygen atoms in total. The Bertz CT molecular complexity index is 750. The Morgan fingerprint density at radius 3 is 1.76 bits per heavy atom. The van der Waals surface area contributed by atoms with E-state index in [1.165, 1.54) is 12.1 Å². The molecule has 0 atom stereocenters. The molecule has 0 amide bonds. The summed E-state index contributed by atoms with van der Waals surface area (Å²) >= 11 is 0. The van der Waals surface area contributed by atoms with Crippen LogP contribution in [0, 0.1) is 0 Å². The molecule has 0 saturated heterocycles. The fourth-order valence-electron chi connectivity index (χ4n) is 2.19. The summed E-state index contributed by atoms with van der Waals surface area (Å²) in [5.74, 6) is -2.30. The number of alkyl halides is 3. The molecule has 5 heteroatoms. The first kappa shape index (κ1) is 18.9. The molecule has 0 aromatic heterocycles. The van der Waals surface area contributed by atoms with Gasteiger partial charge in [0.15, 0.2) is 11.7 Å². The second-order valence-corrected chi connectivity index (χ2v) is 5.52. The van der Waals surface area contributed by atoms with E-state index in [-0.39, 0.29) is 11.1 Å². The highest BCUT2D eigenvalue weighted by molar-refractivity contribution is 5.83. The molecule has 0 heterocycles. The van der Waals surface area contributed by atoms with Gasteiger partial charge in [0.05, 0.1) is 5.56 Å². The molecule has 0 radical (unpaired) electrons. The van der Waals surface area contributed by atoms with E-state index >= 15 is 0 Å². The number of unbranched alkanes of at least 4 members (excludes halogenated alkanes) is 1. The van der Waals surface area contributed by atoms with Gasteiger partial charge in [-0.3, -0.25) is 0 Å². The van der Waals surface area contributed by atoms with Crippen LogP contribution in [0.3, 0.4) is 0 Å². The molecule has 0 aliphatic carbocycles. The molecule has 0 aliphatic rings. The van der Waals surface area contributed by atoms with Crippen LogP contribution in [0.2, 0.25) is 0 Å². The lowest BCUT2D eigenvalue weighted by molar-refractivity contribution is -0.137. The van der Waals surface area contributed by atoms with Crippen LogP contribution in [0.1, 0.15) is 42.0 Å². The summed E-state index contributed by atoms with van der Waals surface area (Å²) < 4.78 is 66.0. The van der Waals surface area contributed by atoms with Gasteiger partial charge in [-0.05, 0) is 24.1 Å². The normalized spacial score (nSPS) is 13.2. The van der Waals surface area contributed by atoms with Crippen LogP contribution in [-0.4, -0.2) is 0 Å². The van der Waals surface area contributed by atoms with Crippen LogP contribution >= 0.6 is 0 Å². The van der Waals surface area contributed by atoms with E-state index in [0.29, 0.717) is 0 Å². The zero-order valence-corrected chi connectivity index (χ0v) is 13.6. The summed E-state index contributed by atoms with van der Waals surface area (Å²) in [5, 5.41) is 0. The van der Waals surface area contributed by atoms with Crippen molar-refractivity contribution in [3.63, 3.8) is 0 Å². The fraction of sp³-hybridized carbons (Fsp3) is 0.200. The summed E-state index contributed by atoms with van der Waals surface area (Å²) in [6.45, 7) is 2.05. The van der Waals surface area contributed by atoms with E-state index in [4.69, 9.17) is 0 Å². The van der Waals surface area contributed by atoms with Gasteiger partial charge < -0.3 is 0 Å². The summed E-state index contributed by atoms with van der Waals surface area (Å²) in [5.41, 5.74) is -0.255. The van der Waals surface area contributed by atoms with Gasteiger partial charge in [-0.25, -0.2) is 8.78 Å². The Hall–Kier alpha value is -2.43. The van der Waals surface area contributed by atoms with E-state index in [2.05, 4.69) is 6.92 Å². The van der Waals surface area contributed by atoms with Gasteiger partial charge in [-0.1, -0.05) is 61.9 Å². The van der Waals surface area contributed by atoms with Crippen molar-refractivity contribution in [2.75, 3.05) is 0 Å². The third-order valence-corrected chi connectivity index (χ3v) is 3.59. The van der Waals surface area contributed by atoms with Gasteiger partial charge in [-0.2, -0.15) is 13.2 Å². The molecular weight excluding hydrogens is 335 g/mol. The first-order chi connectivity index (χ1) is 11.8. The predicted molar refractivity (Wildman–Crippen MR) is 90.9 cm³/mol. The minimum atomic E-state index is -4.52. The predicted octanol–water partition coefficient (Wildman–Crippen LogP) is 7.28. The number of hydrogen-bond donors (Lipinski definition) is 0. The number of hydrogen-bond acceptors (Lipinski definition) is 0. The van der Waals surface area contributed by atoms with Crippen LogP contribution in [-0.2, 0) is 6.18 Å². The van der Waals surface area contributed by atoms with Crippen molar-refractivity contribution in [2.24, 2.45) is 0 Å². The molecule has 0 fully saturated rings. The average Bonchev–Trinajstić information content (AvgIpc) is 2.61. The highest BCUT2D eigenvalue weighted by Crippen LogP contribution is 2.33. The topological polar surface area (TPSA) is 0 Å². The Balaban J connectivity index is 2.23. The number of rotatable bonds is 5. The van der Waals surface area contributed by atoms with E-state index in [0.717, 1.165) is 42.7 Å². The molecule has 25 heavy (non-hydrogen) atoms. The van der Waals surface area contributed by atoms with Crippen molar-refractivity contribution in [3.8, 4) is 0 Å². The van der Waals surface area contributed by atoms with Crippen molar-refractivity contribution >= 4 is 17.7 Å². The Morgan fingerprint density at radius 2 is 1.32 bits per heavy atom. The second-order valence-electron chi connectivity index (χ2n) is 5.52. The Morgan fingerprint density at radius 1 is 0.840 bits per heavy atom. The van der Waals surface area contributed by atoms with Crippen molar-refractivity contribution in [1.29, 1.82) is 0 Å². The number of allylic oxidation sites excluding steroid dienone is 1. The number of halogens is 5. The van der Waals surface area contributed by atoms with Crippen molar-refractivity contribution in [3.05, 3.63) is 76.9 Å². The van der Waals surface area contributed by atoms with Crippen LogP contribution in [0.25, 0.3) is 17.7 Å². The first-order valence-electron chi connectivity index (χ1n) is 7.83. The van der Waals surface area contributed by atoms with E-state index < -0.39 is 23.4 Å². The lowest BCUT2D eigenvalue weighted by atomic mass is 10.1. The highest BCUT2D eigenvalue weighted by Gasteiger charge is 2.30. The zero-order chi connectivity index (χ0) is 18.4. The molecule has 132 valence electrons. The maximum absolute atomic E-state index is 14.3. The molecule has 0 bridgehead atoms. The van der Waals surface area contributed by atoms with Crippen LogP contribution in [0.15, 0.2) is 54.6 Å². The minimum absolute atomic E-state index is 0.0324. The molecular formula is C20H17F5. The Labute approximate surface area is 143 Å². The summed E-state index contributed by atoms with van der Waals surface area (Å²) in [6.07, 6.45) is 1.31. The summed E-state index contributed by atoms with van der Waals surface area (Å²) in [7, 11) is 0. The monoisotopic (exact) mass is 352 g/mol. The summed E-state index contributed by atoms with van der Waals surface area (Å²) in [4.78, 5) is 0. The molecule has 2 aromatic rings. The molecule has 0 saturated carbocycles. The molecule has 0 N–H and O–H groups in total. The molecule has 2 rings (SSSR count). The van der Waals surface area contributed by atoms with Crippen LogP contribution in [0.4, 0.5) is 22.0 Å². The minimum Gasteiger partial charge on any atom is -0.203 e. The summed E-state index contributed by atoms with van der Waals surface area (Å²) in [6, 6.07) is 9.46. The van der Waals surface area contributed by atoms with Crippen molar-refractivity contribution in [1.82, 2.24) is 0 Å². The lowest BCUT2D eigenvalue weighted by Gasteiger charge is -2.07. The lowest BCUT2D eigenvalue weighted by Crippen LogP contribution is -2.04. The third kappa shape index (κ3) is 5.02. The molecule has 2 aromatic carbocycles. The maximum atomic E-state index is 14.3. The van der Waals surface area contributed by atoms with E-state index in [9.17, 15) is 22.0 Å². The van der Waals surface area contributed by atoms with Gasteiger partial charge in [-0.15, -0.1) is 0 Å². The quantitative estimate of drug-likeness (QED) is 0.392. The van der Waals surface area contributed by atoms with Crippen molar-refractivity contribution < 1.29 is 22.0 Å². The number of benzene rings is 2. The standard InChI is InChI=1S/C20H17F5/c1-2-3-4-5-14-6-8-15(9-7-14)18(21)19(22)16-10-12-17(13-11-16)20(23,24)25/h4-13H,2-3H2,1H3/b5-4+,19-18-. The third-order valence-electron chi connectivity index (χ3n) is 3.59. The SMILES string of the molecule is CCC/C=C/c1ccc(/C(F)=C(/F)c2ccc(C(F)(F)F)cc2)cc1. The van der Waals surface area contributed by atoms with Crippen LogP contribution in [0.5, 0.6) is 0 Å². The van der Waals surface area contributed by atoms with Crippen LogP contribution < -0.4 is 0 Å². The highest BCUT2D eigenvalue weighted by atomic mass is 19.4. The first-order valence-corrected chi connectivity index (χ1v) is 7.83. The van der Waals surface area contributed by atoms with E-state index in [1.807, 2.05) is 12.2 Å². The van der Waals surface area contributed by atoms with Gasteiger partial charge in [0.2, 0.25) is 0 Å². The zero-order valence-electron chi connectivity index (χ0n) is 13.6. The van der Waals surface area contributed by atoms with Gasteiger partial charge in [0.1, 0.15) is 0 Å². The average molecular weight is 352 g/mol. The fourth-order valence-corrected chi connectivity index (χ4v) is 2.19. The molecule has 0 spiro atoms. The van der Waals surface area contributed by atoms with Gasteiger partial charge in [0.25, 0.3) is 0 Å². The molecule has 0 unspecified atom stereocenters. The van der Waals surface area contributed by atoms with Crippen molar-refractivity contribution in [2.45, 2.75) is 25.9 Å². The smallest absolute Gasteiger partial charge is 0.203 e. The van der Waals surface area contributed by atoms with E-state index in [1.54, 1.807) is 12.1 Å².